The van der Waals surface area contributed by atoms with E-state index in [0.717, 1.165) is 5.69 Å². The maximum absolute atomic E-state index is 5.70. The van der Waals surface area contributed by atoms with Crippen molar-refractivity contribution in [1.82, 2.24) is 4.98 Å². The highest BCUT2D eigenvalue weighted by atomic mass is 35.5. The lowest BCUT2D eigenvalue weighted by molar-refractivity contribution is 0.409. The molecule has 0 aliphatic rings. The molecule has 0 fully saturated rings. The number of methoxy groups -OCH3 is 1. The quantitative estimate of drug-likeness (QED) is 0.701. The molecule has 0 spiro atoms. The van der Waals surface area contributed by atoms with Crippen molar-refractivity contribution in [1.29, 1.82) is 0 Å². The Morgan fingerprint density at radius 2 is 2.27 bits per heavy atom. The zero-order chi connectivity index (χ0) is 8.43. The van der Waals surface area contributed by atoms with Gasteiger partial charge < -0.3 is 10.5 Å². The van der Waals surface area contributed by atoms with Gasteiger partial charge in [-0.05, 0) is 6.92 Å². The van der Waals surface area contributed by atoms with Gasteiger partial charge in [0.2, 0.25) is 0 Å². The average Bonchev–Trinajstić information content (AvgIpc) is 1.97. The van der Waals surface area contributed by atoms with Crippen molar-refractivity contribution in [3.63, 3.8) is 0 Å². The molecule has 11 heavy (non-hydrogen) atoms. The minimum atomic E-state index is 0.338. The smallest absolute Gasteiger partial charge is 0.142 e. The van der Waals surface area contributed by atoms with Crippen LogP contribution in [0.2, 0.25) is 5.02 Å². The number of anilines is 1. The summed E-state index contributed by atoms with van der Waals surface area (Å²) in [5, 5.41) is 0.424. The molecule has 0 saturated heterocycles. The maximum Gasteiger partial charge on any atom is 0.142 e. The van der Waals surface area contributed by atoms with E-state index < -0.39 is 0 Å². The molecule has 0 aliphatic carbocycles. The Labute approximate surface area is 70.1 Å². The van der Waals surface area contributed by atoms with E-state index in [9.17, 15) is 0 Å². The van der Waals surface area contributed by atoms with Crippen LogP contribution in [0.3, 0.4) is 0 Å². The van der Waals surface area contributed by atoms with Crippen molar-refractivity contribution < 1.29 is 4.74 Å². The number of aromatic nitrogens is 1. The van der Waals surface area contributed by atoms with Gasteiger partial charge in [-0.2, -0.15) is 0 Å². The van der Waals surface area contributed by atoms with Gasteiger partial charge in [-0.25, -0.2) is 4.98 Å². The van der Waals surface area contributed by atoms with Gasteiger partial charge in [0.25, 0.3) is 0 Å². The van der Waals surface area contributed by atoms with Crippen molar-refractivity contribution in [2.45, 2.75) is 6.92 Å². The van der Waals surface area contributed by atoms with Crippen molar-refractivity contribution >= 4 is 17.4 Å². The van der Waals surface area contributed by atoms with Crippen LogP contribution in [0, 0.1) is 6.92 Å². The fraction of sp³-hybridized carbons (Fsp3) is 0.286. The molecular weight excluding hydrogens is 164 g/mol. The van der Waals surface area contributed by atoms with Gasteiger partial charge >= 0.3 is 0 Å². The van der Waals surface area contributed by atoms with Crippen LogP contribution in [-0.4, -0.2) is 12.1 Å². The van der Waals surface area contributed by atoms with E-state index in [4.69, 9.17) is 22.1 Å². The highest BCUT2D eigenvalue weighted by Crippen LogP contribution is 2.24. The number of hydrogen-bond donors (Lipinski definition) is 1. The number of aryl methyl sites for hydroxylation is 1. The van der Waals surface area contributed by atoms with E-state index in [1.807, 2.05) is 6.92 Å². The third kappa shape index (κ3) is 1.54. The molecule has 0 radical (unpaired) electrons. The molecule has 1 heterocycles. The molecule has 0 amide bonds. The number of hydrogen-bond acceptors (Lipinski definition) is 3. The lowest BCUT2D eigenvalue weighted by atomic mass is 10.3. The first-order chi connectivity index (χ1) is 5.15. The predicted molar refractivity (Wildman–Crippen MR) is 44.9 cm³/mol. The van der Waals surface area contributed by atoms with Crippen molar-refractivity contribution in [3.8, 4) is 5.75 Å². The number of rotatable bonds is 1. The van der Waals surface area contributed by atoms with E-state index in [1.54, 1.807) is 13.2 Å². The molecular formula is C7H9ClN2O. The second-order valence-corrected chi connectivity index (χ2v) is 2.55. The molecule has 1 aromatic rings. The van der Waals surface area contributed by atoms with Gasteiger partial charge in [0.05, 0.1) is 17.8 Å². The van der Waals surface area contributed by atoms with Gasteiger partial charge in [-0.3, -0.25) is 0 Å². The predicted octanol–water partition coefficient (Wildman–Crippen LogP) is 1.63. The van der Waals surface area contributed by atoms with Crippen molar-refractivity contribution in [2.75, 3.05) is 12.8 Å². The highest BCUT2D eigenvalue weighted by Gasteiger charge is 2.03. The zero-order valence-electron chi connectivity index (χ0n) is 6.39. The van der Waals surface area contributed by atoms with Gasteiger partial charge in [-0.15, -0.1) is 0 Å². The Morgan fingerprint density at radius 1 is 1.64 bits per heavy atom. The molecule has 2 N–H and O–H groups in total. The number of halogens is 1. The van der Waals surface area contributed by atoms with Gasteiger partial charge in [0.1, 0.15) is 11.6 Å². The first-order valence-electron chi connectivity index (χ1n) is 3.11. The summed E-state index contributed by atoms with van der Waals surface area (Å²) < 4.78 is 4.98. The SMILES string of the molecule is COc1cc(Cl)c(N)nc1C. The molecule has 60 valence electrons. The Hall–Kier alpha value is -0.960. The van der Waals surface area contributed by atoms with E-state index in [2.05, 4.69) is 4.98 Å². The minimum Gasteiger partial charge on any atom is -0.495 e. The number of pyridine rings is 1. The molecule has 3 nitrogen and oxygen atoms in total. The van der Waals surface area contributed by atoms with Crippen molar-refractivity contribution in [2.24, 2.45) is 0 Å². The maximum atomic E-state index is 5.70. The first kappa shape index (κ1) is 8.14. The Balaban J connectivity index is 3.21. The lowest BCUT2D eigenvalue weighted by Gasteiger charge is -2.04. The van der Waals surface area contributed by atoms with E-state index >= 15 is 0 Å². The van der Waals surface area contributed by atoms with Gasteiger partial charge in [0, 0.05) is 6.07 Å². The van der Waals surface area contributed by atoms with Crippen LogP contribution in [0.5, 0.6) is 5.75 Å². The third-order valence-corrected chi connectivity index (χ3v) is 1.67. The zero-order valence-corrected chi connectivity index (χ0v) is 7.14. The fourth-order valence-corrected chi connectivity index (χ4v) is 0.931. The summed E-state index contributed by atoms with van der Waals surface area (Å²) in [5.41, 5.74) is 6.19. The number of ether oxygens (including phenoxy) is 1. The van der Waals surface area contributed by atoms with E-state index in [1.165, 1.54) is 0 Å². The largest absolute Gasteiger partial charge is 0.495 e. The van der Waals surface area contributed by atoms with E-state index in [0.29, 0.717) is 16.6 Å². The second kappa shape index (κ2) is 2.96. The summed E-state index contributed by atoms with van der Waals surface area (Å²) in [6.45, 7) is 1.81. The summed E-state index contributed by atoms with van der Waals surface area (Å²) in [7, 11) is 1.57. The summed E-state index contributed by atoms with van der Waals surface area (Å²) in [6.07, 6.45) is 0. The van der Waals surface area contributed by atoms with Gasteiger partial charge in [-0.1, -0.05) is 11.6 Å². The second-order valence-electron chi connectivity index (χ2n) is 2.14. The molecule has 0 aromatic carbocycles. The van der Waals surface area contributed by atoms with Gasteiger partial charge in [0.15, 0.2) is 0 Å². The lowest BCUT2D eigenvalue weighted by Crippen LogP contribution is -1.96. The van der Waals surface area contributed by atoms with Crippen LogP contribution in [0.15, 0.2) is 6.07 Å². The highest BCUT2D eigenvalue weighted by molar-refractivity contribution is 6.32. The van der Waals surface area contributed by atoms with Crippen LogP contribution < -0.4 is 10.5 Å². The van der Waals surface area contributed by atoms with Crippen LogP contribution in [0.4, 0.5) is 5.82 Å². The summed E-state index contributed by atoms with van der Waals surface area (Å²) in [4.78, 5) is 3.96. The summed E-state index contributed by atoms with van der Waals surface area (Å²) >= 11 is 5.70. The van der Waals surface area contributed by atoms with E-state index in [-0.39, 0.29) is 0 Å². The molecule has 0 bridgehead atoms. The molecule has 0 atom stereocenters. The number of nitrogens with two attached hydrogens (primary N) is 1. The molecule has 1 aromatic heterocycles. The van der Waals surface area contributed by atoms with Crippen LogP contribution in [0.25, 0.3) is 0 Å². The first-order valence-corrected chi connectivity index (χ1v) is 3.49. The third-order valence-electron chi connectivity index (χ3n) is 1.37. The molecule has 1 rings (SSSR count). The molecule has 0 unspecified atom stereocenters. The fourth-order valence-electron chi connectivity index (χ4n) is 0.789. The minimum absolute atomic E-state index is 0.338. The summed E-state index contributed by atoms with van der Waals surface area (Å²) in [6, 6.07) is 1.65. The molecule has 0 saturated carbocycles. The van der Waals surface area contributed by atoms with Crippen LogP contribution in [0.1, 0.15) is 5.69 Å². The number of nitrogens with zero attached hydrogens (tertiary/aromatic N) is 1. The topological polar surface area (TPSA) is 48.1 Å². The average molecular weight is 173 g/mol. The van der Waals surface area contributed by atoms with Crippen molar-refractivity contribution in [3.05, 3.63) is 16.8 Å². The summed E-state index contributed by atoms with van der Waals surface area (Å²) in [5.74, 6) is 0.995. The normalized spacial score (nSPS) is 9.73. The standard InChI is InChI=1S/C7H9ClN2O/c1-4-6(11-2)3-5(8)7(9)10-4/h3H,1-2H3,(H2,9,10). The van der Waals surface area contributed by atoms with Crippen LogP contribution >= 0.6 is 11.6 Å². The monoisotopic (exact) mass is 172 g/mol. The van der Waals surface area contributed by atoms with Crippen LogP contribution in [-0.2, 0) is 0 Å². The number of nitrogen functional groups attached to an aromatic ring is 1. The molecule has 4 heteroatoms. The molecule has 0 aliphatic heterocycles. The Bertz CT molecular complexity index is 275. The Kier molecular flexibility index (Phi) is 2.19. The Morgan fingerprint density at radius 3 is 2.82 bits per heavy atom.